The summed E-state index contributed by atoms with van der Waals surface area (Å²) in [5.41, 5.74) is 0.365. The normalized spacial score (nSPS) is 20.9. The number of nitrogens with zero attached hydrogens (tertiary/aromatic N) is 1. The number of halogens is 1. The van der Waals surface area contributed by atoms with Crippen molar-refractivity contribution >= 4 is 0 Å². The van der Waals surface area contributed by atoms with Crippen LogP contribution >= 0.6 is 0 Å². The summed E-state index contributed by atoms with van der Waals surface area (Å²) in [5, 5.41) is 0. The van der Waals surface area contributed by atoms with Crippen LogP contribution in [0.2, 0.25) is 0 Å². The lowest BCUT2D eigenvalue weighted by atomic mass is 9.82. The maximum atomic E-state index is 2.46. The van der Waals surface area contributed by atoms with Gasteiger partial charge in [0.1, 0.15) is 0 Å². The van der Waals surface area contributed by atoms with E-state index in [0.29, 0.717) is 5.41 Å². The molecular formula is C20H38BrN. The first kappa shape index (κ1) is 21.9. The summed E-state index contributed by atoms with van der Waals surface area (Å²) in [6.07, 6.45) is 18.6. The van der Waals surface area contributed by atoms with Gasteiger partial charge in [-0.05, 0) is 25.7 Å². The summed E-state index contributed by atoms with van der Waals surface area (Å²) in [6, 6.07) is 0. The van der Waals surface area contributed by atoms with Gasteiger partial charge in [0.2, 0.25) is 0 Å². The summed E-state index contributed by atoms with van der Waals surface area (Å²) in [5.74, 6) is 0. The zero-order valence-corrected chi connectivity index (χ0v) is 17.0. The van der Waals surface area contributed by atoms with Gasteiger partial charge >= 0.3 is 0 Å². The third-order valence-corrected chi connectivity index (χ3v) is 4.98. The molecule has 2 heteroatoms. The second-order valence-electron chi connectivity index (χ2n) is 7.38. The van der Waals surface area contributed by atoms with Gasteiger partial charge in [0.25, 0.3) is 0 Å². The molecule has 0 saturated heterocycles. The molecule has 0 saturated carbocycles. The van der Waals surface area contributed by atoms with Crippen molar-refractivity contribution in [2.45, 2.75) is 72.6 Å². The number of unbranched alkanes of at least 4 members (excludes halogenated alkanes) is 3. The van der Waals surface area contributed by atoms with Crippen LogP contribution in [0, 0.1) is 5.41 Å². The van der Waals surface area contributed by atoms with Crippen molar-refractivity contribution in [1.82, 2.24) is 0 Å². The van der Waals surface area contributed by atoms with Crippen molar-refractivity contribution in [1.29, 1.82) is 0 Å². The second-order valence-corrected chi connectivity index (χ2v) is 7.38. The van der Waals surface area contributed by atoms with Gasteiger partial charge in [0.05, 0.1) is 26.2 Å². The Hall–Kier alpha value is -0.0800. The van der Waals surface area contributed by atoms with Crippen LogP contribution in [0.3, 0.4) is 0 Å². The van der Waals surface area contributed by atoms with Gasteiger partial charge in [-0.25, -0.2) is 0 Å². The Bertz CT molecular complexity index is 313. The van der Waals surface area contributed by atoms with E-state index in [1.807, 2.05) is 0 Å². The summed E-state index contributed by atoms with van der Waals surface area (Å²) in [6.45, 7) is 14.9. The number of allylic oxidation sites excluding steroid dienone is 3. The van der Waals surface area contributed by atoms with Crippen LogP contribution in [0.1, 0.15) is 72.6 Å². The van der Waals surface area contributed by atoms with Crippen LogP contribution in [-0.2, 0) is 0 Å². The Morgan fingerprint density at radius 3 is 1.73 bits per heavy atom. The monoisotopic (exact) mass is 371 g/mol. The van der Waals surface area contributed by atoms with Crippen molar-refractivity contribution in [3.8, 4) is 0 Å². The minimum Gasteiger partial charge on any atom is -1.00 e. The third-order valence-electron chi connectivity index (χ3n) is 4.98. The third kappa shape index (κ3) is 7.46. The SMILES string of the molecule is CCCC[N+](CCCC)(CCCC)CC1(C)C=CC=CC1.[Br-]. The standard InChI is InChI=1S/C20H38N.BrH/c1-5-8-16-21(17-9-6-2,18-10-7-3)19-20(4)14-12-11-13-15-20;/h11-14H,5-10,15-19H2,1-4H3;1H/q+1;/p-1. The molecule has 0 bridgehead atoms. The lowest BCUT2D eigenvalue weighted by Gasteiger charge is -2.44. The molecule has 1 nitrogen and oxygen atoms in total. The fraction of sp³-hybridized carbons (Fsp3) is 0.800. The molecule has 1 rings (SSSR count). The first-order valence-electron chi connectivity index (χ1n) is 9.29. The largest absolute Gasteiger partial charge is 1.00 e. The van der Waals surface area contributed by atoms with Gasteiger partial charge in [-0.2, -0.15) is 0 Å². The molecule has 0 aromatic rings. The maximum absolute atomic E-state index is 2.46. The number of hydrogen-bond donors (Lipinski definition) is 0. The molecule has 0 radical (unpaired) electrons. The fourth-order valence-electron chi connectivity index (χ4n) is 3.71. The molecule has 0 amide bonds. The van der Waals surface area contributed by atoms with Crippen molar-refractivity contribution < 1.29 is 21.5 Å². The minimum absolute atomic E-state index is 0. The average Bonchev–Trinajstić information content (AvgIpc) is 2.49. The quantitative estimate of drug-likeness (QED) is 0.489. The molecule has 1 aliphatic rings. The van der Waals surface area contributed by atoms with Crippen LogP contribution < -0.4 is 17.0 Å². The molecule has 22 heavy (non-hydrogen) atoms. The van der Waals surface area contributed by atoms with Crippen LogP contribution in [0.15, 0.2) is 24.3 Å². The summed E-state index contributed by atoms with van der Waals surface area (Å²) in [4.78, 5) is 0. The highest BCUT2D eigenvalue weighted by atomic mass is 79.9. The number of rotatable bonds is 11. The topological polar surface area (TPSA) is 0 Å². The van der Waals surface area contributed by atoms with E-state index >= 15 is 0 Å². The van der Waals surface area contributed by atoms with E-state index in [0.717, 1.165) is 0 Å². The van der Waals surface area contributed by atoms with Gasteiger partial charge in [-0.15, -0.1) is 0 Å². The summed E-state index contributed by atoms with van der Waals surface area (Å²) >= 11 is 0. The van der Waals surface area contributed by atoms with Crippen molar-refractivity contribution in [3.63, 3.8) is 0 Å². The Morgan fingerprint density at radius 1 is 0.864 bits per heavy atom. The summed E-state index contributed by atoms with van der Waals surface area (Å²) in [7, 11) is 0. The summed E-state index contributed by atoms with van der Waals surface area (Å²) < 4.78 is 1.35. The highest BCUT2D eigenvalue weighted by Crippen LogP contribution is 2.32. The van der Waals surface area contributed by atoms with E-state index in [1.165, 1.54) is 75.6 Å². The zero-order valence-electron chi connectivity index (χ0n) is 15.4. The Morgan fingerprint density at radius 2 is 1.36 bits per heavy atom. The van der Waals surface area contributed by atoms with E-state index in [9.17, 15) is 0 Å². The van der Waals surface area contributed by atoms with Gasteiger partial charge in [-0.1, -0.05) is 71.3 Å². The molecule has 1 unspecified atom stereocenters. The highest BCUT2D eigenvalue weighted by molar-refractivity contribution is 5.15. The molecule has 0 spiro atoms. The first-order valence-corrected chi connectivity index (χ1v) is 9.29. The predicted molar refractivity (Wildman–Crippen MR) is 95.5 cm³/mol. The van der Waals surface area contributed by atoms with Gasteiger partial charge in [0, 0.05) is 5.41 Å². The Balaban J connectivity index is 0.00000441. The molecule has 130 valence electrons. The van der Waals surface area contributed by atoms with Crippen molar-refractivity contribution in [3.05, 3.63) is 24.3 Å². The number of hydrogen-bond acceptors (Lipinski definition) is 0. The molecular weight excluding hydrogens is 334 g/mol. The molecule has 0 aliphatic heterocycles. The van der Waals surface area contributed by atoms with Gasteiger partial charge in [-0.3, -0.25) is 0 Å². The zero-order chi connectivity index (χ0) is 15.6. The van der Waals surface area contributed by atoms with Crippen LogP contribution in [-0.4, -0.2) is 30.7 Å². The fourth-order valence-corrected chi connectivity index (χ4v) is 3.71. The molecule has 1 atom stereocenters. The van der Waals surface area contributed by atoms with Crippen LogP contribution in [0.5, 0.6) is 0 Å². The van der Waals surface area contributed by atoms with Gasteiger partial charge in [0.15, 0.2) is 0 Å². The van der Waals surface area contributed by atoms with Crippen LogP contribution in [0.4, 0.5) is 0 Å². The lowest BCUT2D eigenvalue weighted by Crippen LogP contribution is -3.00. The molecule has 0 heterocycles. The van der Waals surface area contributed by atoms with Crippen LogP contribution in [0.25, 0.3) is 0 Å². The number of quaternary nitrogens is 1. The molecule has 0 N–H and O–H groups in total. The molecule has 0 aromatic heterocycles. The lowest BCUT2D eigenvalue weighted by molar-refractivity contribution is -0.933. The molecule has 0 aromatic carbocycles. The smallest absolute Gasteiger partial charge is 0.0879 e. The minimum atomic E-state index is 0. The van der Waals surface area contributed by atoms with E-state index in [4.69, 9.17) is 0 Å². The Labute approximate surface area is 150 Å². The Kier molecular flexibility index (Phi) is 11.4. The van der Waals surface area contributed by atoms with E-state index in [2.05, 4.69) is 52.0 Å². The maximum Gasteiger partial charge on any atom is 0.0879 e. The second kappa shape index (κ2) is 11.5. The highest BCUT2D eigenvalue weighted by Gasteiger charge is 2.35. The molecule has 0 fully saturated rings. The van der Waals surface area contributed by atoms with E-state index in [-0.39, 0.29) is 17.0 Å². The van der Waals surface area contributed by atoms with Crippen molar-refractivity contribution in [2.24, 2.45) is 5.41 Å². The molecule has 1 aliphatic carbocycles. The first-order chi connectivity index (χ1) is 10.1. The van der Waals surface area contributed by atoms with Crippen molar-refractivity contribution in [2.75, 3.05) is 26.2 Å². The predicted octanol–water partition coefficient (Wildman–Crippen LogP) is 2.73. The average molecular weight is 372 g/mol. The van der Waals surface area contributed by atoms with Gasteiger partial charge < -0.3 is 21.5 Å². The van der Waals surface area contributed by atoms with E-state index in [1.54, 1.807) is 0 Å². The van der Waals surface area contributed by atoms with E-state index < -0.39 is 0 Å².